The molecule has 0 saturated carbocycles. The first-order valence-electron chi connectivity index (χ1n) is 9.97. The predicted octanol–water partition coefficient (Wildman–Crippen LogP) is 3.31. The zero-order chi connectivity index (χ0) is 22.2. The second-order valence-electron chi connectivity index (χ2n) is 7.14. The Morgan fingerprint density at radius 1 is 1.00 bits per heavy atom. The highest BCUT2D eigenvalue weighted by molar-refractivity contribution is 5.94. The molecule has 3 rings (SSSR count). The number of hydrogen-bond donors (Lipinski definition) is 5. The second kappa shape index (κ2) is 10.2. The van der Waals surface area contributed by atoms with Crippen LogP contribution in [-0.4, -0.2) is 28.6 Å². The van der Waals surface area contributed by atoms with E-state index in [1.165, 1.54) is 12.1 Å². The van der Waals surface area contributed by atoms with Crippen molar-refractivity contribution < 1.29 is 14.0 Å². The molecule has 0 saturated heterocycles. The average Bonchev–Trinajstić information content (AvgIpc) is 3.23. The molecule has 0 spiro atoms. The molecule has 0 aliphatic carbocycles. The number of nitrogens with one attached hydrogen (secondary N) is 3. The topological polar surface area (TPSA) is 139 Å². The second-order valence-corrected chi connectivity index (χ2v) is 7.14. The Hall–Kier alpha value is -3.88. The van der Waals surface area contributed by atoms with Gasteiger partial charge in [-0.2, -0.15) is 5.10 Å². The summed E-state index contributed by atoms with van der Waals surface area (Å²) in [5, 5.41) is 12.4. The van der Waals surface area contributed by atoms with E-state index < -0.39 is 5.82 Å². The number of carbonyl (C=O) groups is 2. The fourth-order valence-corrected chi connectivity index (χ4v) is 2.98. The van der Waals surface area contributed by atoms with Crippen LogP contribution in [0.3, 0.4) is 0 Å². The van der Waals surface area contributed by atoms with E-state index in [0.717, 1.165) is 24.5 Å². The summed E-state index contributed by atoms with van der Waals surface area (Å²) >= 11 is 0. The van der Waals surface area contributed by atoms with Crippen molar-refractivity contribution in [1.29, 1.82) is 0 Å². The van der Waals surface area contributed by atoms with Crippen LogP contribution in [0.25, 0.3) is 11.3 Å². The number of hydrogen-bond acceptors (Lipinski definition) is 5. The summed E-state index contributed by atoms with van der Waals surface area (Å²) in [4.78, 5) is 24.2. The molecule has 0 bridgehead atoms. The van der Waals surface area contributed by atoms with E-state index in [-0.39, 0.29) is 17.5 Å². The minimum atomic E-state index is -0.450. The molecule has 2 aromatic carbocycles. The molecule has 1 aromatic heterocycles. The van der Waals surface area contributed by atoms with Crippen LogP contribution in [0.5, 0.6) is 0 Å². The summed E-state index contributed by atoms with van der Waals surface area (Å²) in [5.41, 5.74) is 14.5. The van der Waals surface area contributed by atoms with Gasteiger partial charge in [0.25, 0.3) is 5.91 Å². The van der Waals surface area contributed by atoms with Crippen molar-refractivity contribution in [1.82, 2.24) is 15.5 Å². The number of amides is 2. The molecule has 31 heavy (non-hydrogen) atoms. The lowest BCUT2D eigenvalue weighted by Crippen LogP contribution is -2.24. The van der Waals surface area contributed by atoms with Crippen molar-refractivity contribution in [2.45, 2.75) is 25.7 Å². The van der Waals surface area contributed by atoms with Gasteiger partial charge >= 0.3 is 0 Å². The molecule has 8 nitrogen and oxygen atoms in total. The van der Waals surface area contributed by atoms with Gasteiger partial charge in [-0.1, -0.05) is 18.6 Å². The third-order valence-electron chi connectivity index (χ3n) is 4.68. The van der Waals surface area contributed by atoms with Gasteiger partial charge in [0.05, 0.1) is 17.1 Å². The third-order valence-corrected chi connectivity index (χ3v) is 4.68. The van der Waals surface area contributed by atoms with Crippen molar-refractivity contribution >= 4 is 28.9 Å². The van der Waals surface area contributed by atoms with Gasteiger partial charge in [0.15, 0.2) is 0 Å². The van der Waals surface area contributed by atoms with Crippen LogP contribution in [0.4, 0.5) is 21.5 Å². The highest BCUT2D eigenvalue weighted by Gasteiger charge is 2.11. The van der Waals surface area contributed by atoms with Crippen LogP contribution < -0.4 is 22.1 Å². The summed E-state index contributed by atoms with van der Waals surface area (Å²) in [6.07, 6.45) is 2.48. The third kappa shape index (κ3) is 6.30. The number of anilines is 3. The van der Waals surface area contributed by atoms with Crippen molar-refractivity contribution in [3.8, 4) is 11.3 Å². The zero-order valence-electron chi connectivity index (χ0n) is 17.0. The van der Waals surface area contributed by atoms with E-state index >= 15 is 0 Å². The number of nitrogens with zero attached hydrogens (tertiary/aromatic N) is 1. The monoisotopic (exact) mass is 424 g/mol. The largest absolute Gasteiger partial charge is 0.399 e. The van der Waals surface area contributed by atoms with Crippen LogP contribution in [0.15, 0.2) is 48.5 Å². The Kier molecular flexibility index (Phi) is 7.21. The summed E-state index contributed by atoms with van der Waals surface area (Å²) in [7, 11) is 0. The Labute approximate surface area is 179 Å². The molecule has 3 aromatic rings. The van der Waals surface area contributed by atoms with Gasteiger partial charge in [0.2, 0.25) is 5.91 Å². The maximum absolute atomic E-state index is 13.0. The molecule has 1 heterocycles. The summed E-state index contributed by atoms with van der Waals surface area (Å²) in [6, 6.07) is 12.8. The molecule has 9 heteroatoms. The van der Waals surface area contributed by atoms with E-state index in [9.17, 15) is 14.0 Å². The first-order chi connectivity index (χ1) is 14.9. The lowest BCUT2D eigenvalue weighted by molar-refractivity contribution is -0.116. The Morgan fingerprint density at radius 2 is 1.77 bits per heavy atom. The van der Waals surface area contributed by atoms with Gasteiger partial charge in [-0.15, -0.1) is 0 Å². The first kappa shape index (κ1) is 21.8. The highest BCUT2D eigenvalue weighted by atomic mass is 19.1. The molecule has 162 valence electrons. The number of benzene rings is 2. The molecule has 0 atom stereocenters. The van der Waals surface area contributed by atoms with Crippen LogP contribution in [0.1, 0.15) is 36.2 Å². The number of rotatable bonds is 9. The van der Waals surface area contributed by atoms with Gasteiger partial charge in [-0.05, 0) is 49.2 Å². The summed E-state index contributed by atoms with van der Waals surface area (Å²) in [5.74, 6) is -0.872. The Balaban J connectivity index is 1.34. The first-order valence-corrected chi connectivity index (χ1v) is 9.97. The lowest BCUT2D eigenvalue weighted by Gasteiger charge is -2.08. The van der Waals surface area contributed by atoms with Gasteiger partial charge in [0, 0.05) is 24.2 Å². The van der Waals surface area contributed by atoms with Crippen LogP contribution in [0.2, 0.25) is 0 Å². The fourth-order valence-electron chi connectivity index (χ4n) is 2.98. The number of H-pyrrole nitrogens is 1. The molecule has 0 radical (unpaired) electrons. The van der Waals surface area contributed by atoms with Crippen LogP contribution in [-0.2, 0) is 4.79 Å². The van der Waals surface area contributed by atoms with Gasteiger partial charge in [-0.3, -0.25) is 14.7 Å². The van der Waals surface area contributed by atoms with E-state index in [4.69, 9.17) is 11.5 Å². The average molecular weight is 424 g/mol. The maximum Gasteiger partial charge on any atom is 0.269 e. The normalized spacial score (nSPS) is 10.6. The SMILES string of the molecule is Nc1ccc(-c2cc(C(=O)NCCCCCC(=O)Nc3ccc(F)cc3N)[nH]n2)cc1. The number of aromatic amines is 1. The number of aromatic nitrogens is 2. The van der Waals surface area contributed by atoms with E-state index in [1.54, 1.807) is 18.2 Å². The maximum atomic E-state index is 13.0. The molecular formula is C22H25FN6O2. The predicted molar refractivity (Wildman–Crippen MR) is 119 cm³/mol. The van der Waals surface area contributed by atoms with Crippen molar-refractivity contribution in [2.75, 3.05) is 23.3 Å². The number of carbonyl (C=O) groups excluding carboxylic acids is 2. The van der Waals surface area contributed by atoms with Crippen LogP contribution in [0, 0.1) is 5.82 Å². The summed E-state index contributed by atoms with van der Waals surface area (Å²) in [6.45, 7) is 0.488. The fraction of sp³-hybridized carbons (Fsp3) is 0.227. The minimum absolute atomic E-state index is 0.185. The van der Waals surface area contributed by atoms with Crippen molar-refractivity contribution in [3.05, 3.63) is 60.0 Å². The zero-order valence-corrected chi connectivity index (χ0v) is 17.0. The minimum Gasteiger partial charge on any atom is -0.399 e. The summed E-state index contributed by atoms with van der Waals surface area (Å²) < 4.78 is 13.0. The van der Waals surface area contributed by atoms with Crippen molar-refractivity contribution in [3.63, 3.8) is 0 Å². The molecule has 2 amide bonds. The molecule has 0 aliphatic heterocycles. The molecule has 7 N–H and O–H groups in total. The van der Waals surface area contributed by atoms with Crippen molar-refractivity contribution in [2.24, 2.45) is 0 Å². The van der Waals surface area contributed by atoms with Gasteiger partial charge in [0.1, 0.15) is 11.5 Å². The standard InChI is InChI=1S/C22H25FN6O2/c23-15-7-10-18(17(25)12-15)27-21(30)4-2-1-3-11-26-22(31)20-13-19(28-29-20)14-5-8-16(24)9-6-14/h5-10,12-13H,1-4,11,24-25H2,(H,26,31)(H,27,30)(H,28,29). The van der Waals surface area contributed by atoms with E-state index in [0.29, 0.717) is 42.1 Å². The van der Waals surface area contributed by atoms with Gasteiger partial charge < -0.3 is 22.1 Å². The number of nitrogens with two attached hydrogens (primary N) is 2. The Bertz CT molecular complexity index is 1050. The quantitative estimate of drug-likeness (QED) is 0.265. The smallest absolute Gasteiger partial charge is 0.269 e. The Morgan fingerprint density at radius 3 is 2.52 bits per heavy atom. The van der Waals surface area contributed by atoms with Crippen LogP contribution >= 0.6 is 0 Å². The molecular weight excluding hydrogens is 399 g/mol. The number of unbranched alkanes of at least 4 members (excludes halogenated alkanes) is 2. The number of halogens is 1. The lowest BCUT2D eigenvalue weighted by atomic mass is 10.1. The highest BCUT2D eigenvalue weighted by Crippen LogP contribution is 2.20. The van der Waals surface area contributed by atoms with Gasteiger partial charge in [-0.25, -0.2) is 4.39 Å². The molecule has 0 aliphatic rings. The molecule has 0 fully saturated rings. The number of nitrogen functional groups attached to an aromatic ring is 2. The van der Waals surface area contributed by atoms with E-state index in [2.05, 4.69) is 20.8 Å². The molecule has 0 unspecified atom stereocenters. The van der Waals surface area contributed by atoms with E-state index in [1.807, 2.05) is 12.1 Å².